The number of thiazole rings is 1. The molecule has 3 N–H and O–H groups in total. The van der Waals surface area contributed by atoms with Gasteiger partial charge < -0.3 is 5.32 Å². The topological polar surface area (TPSA) is 109 Å². The lowest BCUT2D eigenvalue weighted by atomic mass is 10.1. The molecule has 0 fully saturated rings. The molecule has 4 aromatic carbocycles. The lowest BCUT2D eigenvalue weighted by Crippen LogP contribution is -2.18. The molecule has 0 spiro atoms. The van der Waals surface area contributed by atoms with E-state index in [1.807, 2.05) is 77.5 Å². The highest BCUT2D eigenvalue weighted by Gasteiger charge is 2.15. The lowest BCUT2D eigenvalue weighted by molar-refractivity contribution is -0.115. The third-order valence-corrected chi connectivity index (χ3v) is 7.78. The Morgan fingerprint density at radius 2 is 1.52 bits per heavy atom. The predicted molar refractivity (Wildman–Crippen MR) is 164 cm³/mol. The van der Waals surface area contributed by atoms with Crippen LogP contribution in [0, 0.1) is 0 Å². The van der Waals surface area contributed by atoms with Crippen molar-refractivity contribution in [3.8, 4) is 11.3 Å². The minimum absolute atomic E-state index is 0.105. The Hall–Kier alpha value is -5.12. The van der Waals surface area contributed by atoms with Crippen LogP contribution in [0.5, 0.6) is 0 Å². The number of hydrogen-bond donors (Lipinski definition) is 3. The highest BCUT2D eigenvalue weighted by Crippen LogP contribution is 2.31. The second-order valence-corrected chi connectivity index (χ2v) is 10.9. The van der Waals surface area contributed by atoms with Gasteiger partial charge in [0, 0.05) is 17.5 Å². The van der Waals surface area contributed by atoms with Crippen molar-refractivity contribution in [2.75, 3.05) is 5.32 Å². The molecular weight excluding hydrogens is 546 g/mol. The number of carbonyl (C=O) groups is 2. The molecular formula is C33H27N5O3S. The number of amides is 2. The van der Waals surface area contributed by atoms with E-state index in [0.29, 0.717) is 23.7 Å². The minimum atomic E-state index is -0.556. The second kappa shape index (κ2) is 12.2. The first-order valence-corrected chi connectivity index (χ1v) is 14.2. The Kier molecular flexibility index (Phi) is 7.85. The molecule has 2 amide bonds. The van der Waals surface area contributed by atoms with Gasteiger partial charge in [-0.25, -0.2) is 10.5 Å². The number of nitrogens with zero attached hydrogens (tertiary/aromatic N) is 3. The maximum absolute atomic E-state index is 12.6. The SMILES string of the molecule is O=C(Cc1ccccc1)Nc1nc2ccc(-c3cc(Cc4ccccc4)nn3Cc3ccc(C(=O)NO)cc3)cc2s1. The van der Waals surface area contributed by atoms with Crippen molar-refractivity contribution in [1.82, 2.24) is 20.2 Å². The van der Waals surface area contributed by atoms with E-state index in [1.165, 1.54) is 16.9 Å². The smallest absolute Gasteiger partial charge is 0.274 e. The van der Waals surface area contributed by atoms with E-state index in [0.717, 1.165) is 38.3 Å². The number of benzene rings is 4. The van der Waals surface area contributed by atoms with Gasteiger partial charge in [-0.15, -0.1) is 0 Å². The summed E-state index contributed by atoms with van der Waals surface area (Å²) in [7, 11) is 0. The summed E-state index contributed by atoms with van der Waals surface area (Å²) in [6, 6.07) is 35.0. The van der Waals surface area contributed by atoms with Crippen LogP contribution in [0.1, 0.15) is 32.7 Å². The van der Waals surface area contributed by atoms with Gasteiger partial charge in [0.2, 0.25) is 5.91 Å². The van der Waals surface area contributed by atoms with E-state index in [2.05, 4.69) is 34.6 Å². The quantitative estimate of drug-likeness (QED) is 0.143. The van der Waals surface area contributed by atoms with Gasteiger partial charge in [0.1, 0.15) is 0 Å². The number of nitrogens with one attached hydrogen (secondary N) is 2. The van der Waals surface area contributed by atoms with Crippen LogP contribution in [0.3, 0.4) is 0 Å². The van der Waals surface area contributed by atoms with Crippen LogP contribution in [0.15, 0.2) is 109 Å². The zero-order chi connectivity index (χ0) is 28.9. The number of rotatable bonds is 9. The standard InChI is InChI=1S/C33H27N5O3S/c39-31(18-23-9-5-2-6-10-23)35-33-34-28-16-15-26(19-30(28)42-33)29-20-27(17-22-7-3-1-4-8-22)36-38(29)21-24-11-13-25(14-12-24)32(40)37-41/h1-16,19-20,41H,17-18,21H2,(H,37,40)(H,34,35,39). The maximum atomic E-state index is 12.6. The summed E-state index contributed by atoms with van der Waals surface area (Å²) in [6.45, 7) is 0.493. The molecule has 0 aliphatic heterocycles. The van der Waals surface area contributed by atoms with Crippen molar-refractivity contribution in [2.45, 2.75) is 19.4 Å². The predicted octanol–water partition coefficient (Wildman–Crippen LogP) is 6.10. The number of hydroxylamine groups is 1. The van der Waals surface area contributed by atoms with Crippen molar-refractivity contribution in [3.05, 3.63) is 137 Å². The van der Waals surface area contributed by atoms with Crippen molar-refractivity contribution < 1.29 is 14.8 Å². The van der Waals surface area contributed by atoms with Crippen molar-refractivity contribution in [1.29, 1.82) is 0 Å². The summed E-state index contributed by atoms with van der Waals surface area (Å²) < 4.78 is 2.92. The van der Waals surface area contributed by atoms with Crippen LogP contribution in [0.25, 0.3) is 21.5 Å². The number of fused-ring (bicyclic) bond motifs is 1. The van der Waals surface area contributed by atoms with Gasteiger partial charge in [-0.05, 0) is 47.0 Å². The summed E-state index contributed by atoms with van der Waals surface area (Å²) in [5.41, 5.74) is 8.79. The Morgan fingerprint density at radius 1 is 0.810 bits per heavy atom. The van der Waals surface area contributed by atoms with Crippen LogP contribution in [-0.4, -0.2) is 31.8 Å². The second-order valence-electron chi connectivity index (χ2n) is 9.89. The fraction of sp³-hybridized carbons (Fsp3) is 0.0909. The van der Waals surface area contributed by atoms with E-state index < -0.39 is 5.91 Å². The average Bonchev–Trinajstić information content (AvgIpc) is 3.60. The van der Waals surface area contributed by atoms with E-state index in [1.54, 1.807) is 17.6 Å². The molecule has 0 aliphatic rings. The van der Waals surface area contributed by atoms with E-state index in [9.17, 15) is 9.59 Å². The summed E-state index contributed by atoms with van der Waals surface area (Å²) in [6.07, 6.45) is 0.980. The molecule has 9 heteroatoms. The van der Waals surface area contributed by atoms with Crippen LogP contribution in [0.4, 0.5) is 5.13 Å². The molecule has 6 rings (SSSR count). The molecule has 0 radical (unpaired) electrons. The monoisotopic (exact) mass is 573 g/mol. The van der Waals surface area contributed by atoms with E-state index in [-0.39, 0.29) is 12.3 Å². The van der Waals surface area contributed by atoms with Crippen molar-refractivity contribution in [2.24, 2.45) is 0 Å². The van der Waals surface area contributed by atoms with Gasteiger partial charge in [0.15, 0.2) is 5.13 Å². The third-order valence-electron chi connectivity index (χ3n) is 6.85. The average molecular weight is 574 g/mol. The first-order chi connectivity index (χ1) is 20.5. The van der Waals surface area contributed by atoms with Gasteiger partial charge in [-0.3, -0.25) is 19.5 Å². The molecule has 0 atom stereocenters. The zero-order valence-electron chi connectivity index (χ0n) is 22.5. The lowest BCUT2D eigenvalue weighted by Gasteiger charge is -2.09. The van der Waals surface area contributed by atoms with Crippen LogP contribution >= 0.6 is 11.3 Å². The first kappa shape index (κ1) is 27.1. The number of anilines is 1. The number of carbonyl (C=O) groups excluding carboxylic acids is 2. The molecule has 0 unspecified atom stereocenters. The Bertz CT molecular complexity index is 1850. The number of hydrogen-bond acceptors (Lipinski definition) is 6. The third kappa shape index (κ3) is 6.27. The van der Waals surface area contributed by atoms with Crippen molar-refractivity contribution in [3.63, 3.8) is 0 Å². The van der Waals surface area contributed by atoms with Gasteiger partial charge in [0.25, 0.3) is 5.91 Å². The Balaban J connectivity index is 1.28. The highest BCUT2D eigenvalue weighted by atomic mass is 32.1. The first-order valence-electron chi connectivity index (χ1n) is 13.4. The fourth-order valence-electron chi connectivity index (χ4n) is 4.80. The summed E-state index contributed by atoms with van der Waals surface area (Å²) in [5, 5.41) is 17.4. The Labute approximate surface area is 246 Å². The van der Waals surface area contributed by atoms with Gasteiger partial charge in [-0.1, -0.05) is 90.2 Å². The molecule has 0 aliphatic carbocycles. The zero-order valence-corrected chi connectivity index (χ0v) is 23.3. The molecule has 2 aromatic heterocycles. The molecule has 0 saturated carbocycles. The van der Waals surface area contributed by atoms with Gasteiger partial charge in [-0.2, -0.15) is 5.10 Å². The van der Waals surface area contributed by atoms with Crippen LogP contribution < -0.4 is 10.8 Å². The van der Waals surface area contributed by atoms with Crippen molar-refractivity contribution >= 4 is 38.5 Å². The van der Waals surface area contributed by atoms with Gasteiger partial charge >= 0.3 is 0 Å². The van der Waals surface area contributed by atoms with E-state index in [4.69, 9.17) is 10.3 Å². The normalized spacial score (nSPS) is 11.0. The molecule has 8 nitrogen and oxygen atoms in total. The highest BCUT2D eigenvalue weighted by molar-refractivity contribution is 7.22. The Morgan fingerprint density at radius 3 is 2.24 bits per heavy atom. The van der Waals surface area contributed by atoms with Crippen LogP contribution in [-0.2, 0) is 24.2 Å². The summed E-state index contributed by atoms with van der Waals surface area (Å²) >= 11 is 1.44. The molecule has 42 heavy (non-hydrogen) atoms. The largest absolute Gasteiger partial charge is 0.302 e. The summed E-state index contributed by atoms with van der Waals surface area (Å²) in [4.78, 5) is 29.0. The maximum Gasteiger partial charge on any atom is 0.274 e. The molecule has 0 bridgehead atoms. The molecule has 208 valence electrons. The summed E-state index contributed by atoms with van der Waals surface area (Å²) in [5.74, 6) is -0.661. The number of aromatic nitrogens is 3. The fourth-order valence-corrected chi connectivity index (χ4v) is 5.72. The molecule has 2 heterocycles. The molecule has 0 saturated heterocycles. The van der Waals surface area contributed by atoms with Gasteiger partial charge in [0.05, 0.1) is 34.6 Å². The van der Waals surface area contributed by atoms with E-state index >= 15 is 0 Å². The molecule has 6 aromatic rings. The van der Waals surface area contributed by atoms with Crippen LogP contribution in [0.2, 0.25) is 0 Å². The minimum Gasteiger partial charge on any atom is -0.302 e.